The summed E-state index contributed by atoms with van der Waals surface area (Å²) in [6, 6.07) is 4.95. The number of anilines is 3. The number of methoxy groups -OCH3 is 1. The van der Waals surface area contributed by atoms with Crippen LogP contribution in [0.25, 0.3) is 0 Å². The maximum Gasteiger partial charge on any atom is 0.301 e. The molecule has 57 heavy (non-hydrogen) atoms. The Hall–Kier alpha value is -5.89. The first-order valence-corrected chi connectivity index (χ1v) is 17.3. The quantitative estimate of drug-likeness (QED) is 0.0445. The summed E-state index contributed by atoms with van der Waals surface area (Å²) < 4.78 is 79.2. The number of nitro benzene ring substituents is 2. The van der Waals surface area contributed by atoms with Gasteiger partial charge >= 0.3 is 11.4 Å². The van der Waals surface area contributed by atoms with Gasteiger partial charge in [0.2, 0.25) is 17.6 Å². The van der Waals surface area contributed by atoms with Crippen LogP contribution >= 0.6 is 23.2 Å². The van der Waals surface area contributed by atoms with Crippen molar-refractivity contribution in [1.29, 1.82) is 0 Å². The van der Waals surface area contributed by atoms with E-state index in [-0.39, 0.29) is 34.0 Å². The summed E-state index contributed by atoms with van der Waals surface area (Å²) in [6.07, 6.45) is 0.211. The third kappa shape index (κ3) is 5.15. The first kappa shape index (κ1) is 39.3. The largest absolute Gasteiger partial charge is 0.508 e. The van der Waals surface area contributed by atoms with E-state index in [2.05, 4.69) is 0 Å². The van der Waals surface area contributed by atoms with Gasteiger partial charge in [-0.15, -0.1) is 23.2 Å². The highest BCUT2D eigenvalue weighted by Crippen LogP contribution is 2.67. The Bertz CT molecular complexity index is 2390. The van der Waals surface area contributed by atoms with E-state index in [0.717, 1.165) is 36.3 Å². The summed E-state index contributed by atoms with van der Waals surface area (Å²) in [5.41, 5.74) is -4.70. The van der Waals surface area contributed by atoms with Crippen LogP contribution in [0.2, 0.25) is 0 Å². The number of amides is 4. The number of aromatic hydroxyl groups is 1. The Morgan fingerprint density at radius 2 is 1.40 bits per heavy atom. The average molecular weight is 840 g/mol. The Labute approximate surface area is 326 Å². The van der Waals surface area contributed by atoms with Crippen LogP contribution in [0.1, 0.15) is 24.3 Å². The van der Waals surface area contributed by atoms with Gasteiger partial charge in [-0.3, -0.25) is 39.4 Å². The molecule has 0 bridgehead atoms. The molecule has 0 spiro atoms. The smallest absolute Gasteiger partial charge is 0.301 e. The van der Waals surface area contributed by atoms with Crippen molar-refractivity contribution in [3.05, 3.63) is 96.9 Å². The van der Waals surface area contributed by atoms with E-state index in [0.29, 0.717) is 4.90 Å². The number of phenolic OH excluding ortho intramolecular Hbond substituents is 1. The topological polar surface area (TPSA) is 194 Å². The fraction of sp³-hybridized carbons (Fsp3) is 0.314. The number of alkyl halides is 2. The number of fused-ring (bicyclic) bond motifs is 4. The van der Waals surface area contributed by atoms with Crippen LogP contribution in [-0.4, -0.2) is 69.5 Å². The number of rotatable bonds is 7. The average Bonchev–Trinajstić information content (AvgIpc) is 3.50. The van der Waals surface area contributed by atoms with Crippen molar-refractivity contribution in [2.45, 2.75) is 28.5 Å². The molecule has 22 heteroatoms. The van der Waals surface area contributed by atoms with Crippen molar-refractivity contribution >= 4 is 75.3 Å². The number of ether oxygens (including phenoxy) is 1. The fourth-order valence-electron chi connectivity index (χ4n) is 8.56. The molecule has 298 valence electrons. The molecule has 6 atom stereocenters. The van der Waals surface area contributed by atoms with E-state index in [1.807, 2.05) is 0 Å². The molecular weight excluding hydrogens is 816 g/mol. The third-order valence-electron chi connectivity index (χ3n) is 10.9. The zero-order chi connectivity index (χ0) is 42.0. The van der Waals surface area contributed by atoms with E-state index >= 15 is 8.78 Å². The summed E-state index contributed by atoms with van der Waals surface area (Å²) in [7, 11) is 3.73. The van der Waals surface area contributed by atoms with Gasteiger partial charge in [0.05, 0.1) is 34.5 Å². The Morgan fingerprint density at radius 1 is 0.842 bits per heavy atom. The molecule has 0 aromatic heterocycles. The highest BCUT2D eigenvalue weighted by molar-refractivity contribution is 6.58. The lowest BCUT2D eigenvalue weighted by atomic mass is 9.56. The van der Waals surface area contributed by atoms with Gasteiger partial charge in [0.25, 0.3) is 11.8 Å². The van der Waals surface area contributed by atoms with Gasteiger partial charge < -0.3 is 14.7 Å². The summed E-state index contributed by atoms with van der Waals surface area (Å²) in [4.78, 5) is 75.3. The number of phenols is 1. The van der Waals surface area contributed by atoms with E-state index in [4.69, 9.17) is 27.9 Å². The van der Waals surface area contributed by atoms with Gasteiger partial charge in [-0.1, -0.05) is 17.7 Å². The Morgan fingerprint density at radius 3 is 1.93 bits per heavy atom. The lowest BCUT2D eigenvalue weighted by molar-refractivity contribution is -0.392. The van der Waals surface area contributed by atoms with Crippen molar-refractivity contribution in [1.82, 2.24) is 0 Å². The van der Waals surface area contributed by atoms with Crippen LogP contribution in [0, 0.1) is 67.1 Å². The molecule has 7 rings (SSSR count). The standard InChI is InChI=1S/C35H24Cl2F5N5O10/c1-43(2)28-18(46(53)54)8-12(9-19(28)47(55)56)44-30(49)16-7-6-14-17(21(16)31(44)50)11-34(36)32(51)45(29-26(41)24(39)23(38)25(40)27(29)42)33(52)35(34,37)22(14)15-5-4-13(48)10-20(15)57-3/h4-6,8-10,16-17,21-22,48H,7,11H2,1-3H3. The van der Waals surface area contributed by atoms with Crippen LogP contribution < -0.4 is 19.4 Å². The molecule has 2 heterocycles. The lowest BCUT2D eigenvalue weighted by Crippen LogP contribution is -2.60. The van der Waals surface area contributed by atoms with Gasteiger partial charge in [0.1, 0.15) is 17.2 Å². The summed E-state index contributed by atoms with van der Waals surface area (Å²) >= 11 is 14.2. The number of hydrogen-bond acceptors (Lipinski definition) is 11. The molecule has 3 aromatic rings. The summed E-state index contributed by atoms with van der Waals surface area (Å²) in [5.74, 6) is -24.8. The van der Waals surface area contributed by atoms with Crippen molar-refractivity contribution in [3.63, 3.8) is 0 Å². The Balaban J connectivity index is 1.43. The maximum atomic E-state index is 15.3. The third-order valence-corrected chi connectivity index (χ3v) is 12.3. The number of nitrogens with zero attached hydrogens (tertiary/aromatic N) is 5. The molecule has 2 saturated heterocycles. The second kappa shape index (κ2) is 13.1. The molecule has 2 aliphatic carbocycles. The minimum Gasteiger partial charge on any atom is -0.508 e. The molecule has 15 nitrogen and oxygen atoms in total. The molecule has 3 fully saturated rings. The number of allylic oxidation sites excluding steroid dienone is 2. The second-order valence-corrected chi connectivity index (χ2v) is 15.1. The molecule has 0 radical (unpaired) electrons. The molecule has 1 saturated carbocycles. The first-order valence-electron chi connectivity index (χ1n) is 16.5. The van der Waals surface area contributed by atoms with Crippen LogP contribution in [0.4, 0.5) is 50.4 Å². The lowest BCUT2D eigenvalue weighted by Gasteiger charge is -2.50. The zero-order valence-electron chi connectivity index (χ0n) is 29.2. The Kier molecular flexibility index (Phi) is 9.03. The van der Waals surface area contributed by atoms with Gasteiger partial charge in [-0.25, -0.2) is 31.8 Å². The van der Waals surface area contributed by atoms with Crippen molar-refractivity contribution in [3.8, 4) is 11.5 Å². The van der Waals surface area contributed by atoms with Crippen molar-refractivity contribution in [2.24, 2.45) is 17.8 Å². The monoisotopic (exact) mass is 839 g/mol. The summed E-state index contributed by atoms with van der Waals surface area (Å²) in [6.45, 7) is 0. The zero-order valence-corrected chi connectivity index (χ0v) is 30.7. The molecule has 1 N–H and O–H groups in total. The number of imide groups is 2. The van der Waals surface area contributed by atoms with Gasteiger partial charge in [-0.05, 0) is 24.8 Å². The normalized spacial score (nSPS) is 26.6. The van der Waals surface area contributed by atoms with Crippen LogP contribution in [0.15, 0.2) is 42.0 Å². The highest BCUT2D eigenvalue weighted by Gasteiger charge is 2.77. The van der Waals surface area contributed by atoms with Crippen LogP contribution in [0.5, 0.6) is 11.5 Å². The van der Waals surface area contributed by atoms with E-state index in [1.54, 1.807) is 0 Å². The first-order chi connectivity index (χ1) is 26.6. The van der Waals surface area contributed by atoms with Crippen LogP contribution in [-0.2, 0) is 19.2 Å². The van der Waals surface area contributed by atoms with Gasteiger partial charge in [0, 0.05) is 43.8 Å². The van der Waals surface area contributed by atoms with Gasteiger partial charge in [-0.2, -0.15) is 0 Å². The predicted octanol–water partition coefficient (Wildman–Crippen LogP) is 5.75. The van der Waals surface area contributed by atoms with E-state index in [1.165, 1.54) is 26.2 Å². The molecule has 3 aromatic carbocycles. The number of nitro groups is 2. The predicted molar refractivity (Wildman–Crippen MR) is 188 cm³/mol. The molecule has 2 aliphatic heterocycles. The number of carbonyl (C=O) groups excluding carboxylic acids is 4. The van der Waals surface area contributed by atoms with Crippen LogP contribution in [0.3, 0.4) is 0 Å². The number of halogens is 7. The molecular formula is C35H24Cl2F5N5O10. The number of carbonyl (C=O) groups is 4. The SMILES string of the molecule is COc1cc(O)ccc1C1C2=CCC3C(=O)N(c4cc([N+](=O)[O-])c(N(C)C)c([N+](=O)[O-])c4)C(=O)C3C2CC2(Cl)C(=O)N(c3c(F)c(F)c(F)c(F)c3F)C(=O)C12Cl. The number of hydrogen-bond donors (Lipinski definition) is 1. The minimum atomic E-state index is -2.89. The maximum absolute atomic E-state index is 15.3. The van der Waals surface area contributed by atoms with Gasteiger partial charge in [0.15, 0.2) is 38.7 Å². The second-order valence-electron chi connectivity index (χ2n) is 13.9. The van der Waals surface area contributed by atoms with E-state index in [9.17, 15) is 57.7 Å². The fourth-order valence-corrected chi connectivity index (χ4v) is 9.49. The molecule has 4 amide bonds. The highest BCUT2D eigenvalue weighted by atomic mass is 35.5. The number of benzene rings is 3. The summed E-state index contributed by atoms with van der Waals surface area (Å²) in [5, 5.41) is 34.5. The minimum absolute atomic E-state index is 0.0369. The van der Waals surface area contributed by atoms with Crippen molar-refractivity contribution in [2.75, 3.05) is 35.9 Å². The molecule has 4 aliphatic rings. The van der Waals surface area contributed by atoms with Crippen molar-refractivity contribution < 1.29 is 60.8 Å². The van der Waals surface area contributed by atoms with E-state index < -0.39 is 131 Å². The molecule has 6 unspecified atom stereocenters.